The maximum Gasteiger partial charge on any atom is 0.126 e. The molecule has 0 saturated carbocycles. The van der Waals surface area contributed by atoms with Gasteiger partial charge in [-0.05, 0) is 48.4 Å². The number of hydrogen-bond acceptors (Lipinski definition) is 2. The van der Waals surface area contributed by atoms with Crippen molar-refractivity contribution in [3.8, 4) is 5.75 Å². The van der Waals surface area contributed by atoms with Crippen LogP contribution < -0.4 is 4.74 Å². The molecule has 0 aliphatic heterocycles. The summed E-state index contributed by atoms with van der Waals surface area (Å²) in [5, 5.41) is 0. The average molecular weight is 266 g/mol. The SMILES string of the molecule is Cc1cc(OCc2cc(F)cc(F)c2)ccc1S. The van der Waals surface area contributed by atoms with E-state index in [0.29, 0.717) is 11.3 Å². The Hall–Kier alpha value is -1.55. The zero-order chi connectivity index (χ0) is 13.1. The van der Waals surface area contributed by atoms with Crippen LogP contribution in [0.15, 0.2) is 41.3 Å². The lowest BCUT2D eigenvalue weighted by atomic mass is 10.2. The van der Waals surface area contributed by atoms with Gasteiger partial charge in [0, 0.05) is 11.0 Å². The molecule has 0 spiro atoms. The standard InChI is InChI=1S/C14H12F2OS/c1-9-4-13(2-3-14(9)18)17-8-10-5-11(15)7-12(16)6-10/h2-7,18H,8H2,1H3. The second-order valence-corrected chi connectivity index (χ2v) is 4.50. The predicted octanol–water partition coefficient (Wildman–Crippen LogP) is 4.14. The molecular weight excluding hydrogens is 254 g/mol. The quantitative estimate of drug-likeness (QED) is 0.821. The summed E-state index contributed by atoms with van der Waals surface area (Å²) in [6.45, 7) is 2.04. The summed E-state index contributed by atoms with van der Waals surface area (Å²) in [6, 6.07) is 8.76. The Balaban J connectivity index is 2.08. The van der Waals surface area contributed by atoms with Gasteiger partial charge >= 0.3 is 0 Å². The van der Waals surface area contributed by atoms with Crippen molar-refractivity contribution in [2.75, 3.05) is 0 Å². The van der Waals surface area contributed by atoms with Gasteiger partial charge in [-0.2, -0.15) is 0 Å². The highest BCUT2D eigenvalue weighted by molar-refractivity contribution is 7.80. The Labute approximate surface area is 110 Å². The van der Waals surface area contributed by atoms with Gasteiger partial charge in [0.05, 0.1) is 0 Å². The summed E-state index contributed by atoms with van der Waals surface area (Å²) in [7, 11) is 0. The second-order valence-electron chi connectivity index (χ2n) is 4.01. The molecule has 0 saturated heterocycles. The van der Waals surface area contributed by atoms with Crippen LogP contribution in [0.5, 0.6) is 5.75 Å². The van der Waals surface area contributed by atoms with E-state index in [0.717, 1.165) is 16.5 Å². The van der Waals surface area contributed by atoms with Crippen LogP contribution in [0.1, 0.15) is 11.1 Å². The molecule has 0 radical (unpaired) electrons. The Morgan fingerprint density at radius 2 is 1.72 bits per heavy atom. The summed E-state index contributed by atoms with van der Waals surface area (Å²) in [5.74, 6) is -0.555. The van der Waals surface area contributed by atoms with Crippen molar-refractivity contribution in [2.24, 2.45) is 0 Å². The van der Waals surface area contributed by atoms with Crippen LogP contribution in [0.2, 0.25) is 0 Å². The fourth-order valence-corrected chi connectivity index (χ4v) is 1.72. The van der Waals surface area contributed by atoms with E-state index in [1.54, 1.807) is 6.07 Å². The van der Waals surface area contributed by atoms with E-state index in [1.807, 2.05) is 19.1 Å². The average Bonchev–Trinajstić information content (AvgIpc) is 2.29. The third kappa shape index (κ3) is 3.23. The van der Waals surface area contributed by atoms with Gasteiger partial charge in [-0.1, -0.05) is 0 Å². The van der Waals surface area contributed by atoms with Crippen LogP contribution in [0.4, 0.5) is 8.78 Å². The molecule has 0 amide bonds. The Bertz CT molecular complexity index is 549. The van der Waals surface area contributed by atoms with Crippen molar-refractivity contribution < 1.29 is 13.5 Å². The summed E-state index contributed by atoms with van der Waals surface area (Å²) in [4.78, 5) is 0.874. The van der Waals surface area contributed by atoms with Crippen LogP contribution in [0, 0.1) is 18.6 Å². The first-order valence-corrected chi connectivity index (χ1v) is 5.87. The first-order valence-electron chi connectivity index (χ1n) is 5.42. The van der Waals surface area contributed by atoms with Crippen LogP contribution in [-0.2, 0) is 6.61 Å². The summed E-state index contributed by atoms with van der Waals surface area (Å²) in [6.07, 6.45) is 0. The monoisotopic (exact) mass is 266 g/mol. The molecule has 0 N–H and O–H groups in total. The van der Waals surface area contributed by atoms with E-state index in [1.165, 1.54) is 12.1 Å². The summed E-state index contributed by atoms with van der Waals surface area (Å²) >= 11 is 4.26. The largest absolute Gasteiger partial charge is 0.489 e. The molecule has 94 valence electrons. The number of halogens is 2. The van der Waals surface area contributed by atoms with Crippen LogP contribution in [0.25, 0.3) is 0 Å². The lowest BCUT2D eigenvalue weighted by Crippen LogP contribution is -1.97. The fraction of sp³-hybridized carbons (Fsp3) is 0.143. The van der Waals surface area contributed by atoms with Gasteiger partial charge in [-0.25, -0.2) is 8.78 Å². The third-order valence-electron chi connectivity index (χ3n) is 2.50. The van der Waals surface area contributed by atoms with Gasteiger partial charge in [-0.15, -0.1) is 12.6 Å². The van der Waals surface area contributed by atoms with Gasteiger partial charge in [0.25, 0.3) is 0 Å². The molecule has 18 heavy (non-hydrogen) atoms. The molecule has 0 heterocycles. The van der Waals surface area contributed by atoms with Crippen molar-refractivity contribution in [2.45, 2.75) is 18.4 Å². The molecule has 4 heteroatoms. The van der Waals surface area contributed by atoms with E-state index in [-0.39, 0.29) is 6.61 Å². The van der Waals surface area contributed by atoms with Gasteiger partial charge in [0.1, 0.15) is 24.0 Å². The Kier molecular flexibility index (Phi) is 3.87. The van der Waals surface area contributed by atoms with Crippen molar-refractivity contribution in [1.82, 2.24) is 0 Å². The molecule has 0 atom stereocenters. The number of hydrogen-bond donors (Lipinski definition) is 1. The highest BCUT2D eigenvalue weighted by Crippen LogP contribution is 2.21. The Morgan fingerprint density at radius 3 is 2.33 bits per heavy atom. The first kappa shape index (κ1) is 12.9. The molecule has 2 aromatic carbocycles. The maximum absolute atomic E-state index is 13.0. The van der Waals surface area contributed by atoms with E-state index < -0.39 is 11.6 Å². The van der Waals surface area contributed by atoms with Crippen LogP contribution in [0.3, 0.4) is 0 Å². The van der Waals surface area contributed by atoms with Crippen molar-refractivity contribution in [3.05, 3.63) is 59.2 Å². The Morgan fingerprint density at radius 1 is 1.06 bits per heavy atom. The van der Waals surface area contributed by atoms with Crippen molar-refractivity contribution in [1.29, 1.82) is 0 Å². The van der Waals surface area contributed by atoms with Crippen molar-refractivity contribution >= 4 is 12.6 Å². The van der Waals surface area contributed by atoms with Gasteiger partial charge in [0.2, 0.25) is 0 Å². The van der Waals surface area contributed by atoms with Crippen molar-refractivity contribution in [3.63, 3.8) is 0 Å². The molecule has 2 aromatic rings. The molecule has 0 aliphatic carbocycles. The molecule has 2 rings (SSSR count). The minimum atomic E-state index is -0.601. The number of aryl methyl sites for hydroxylation is 1. The van der Waals surface area contributed by atoms with Gasteiger partial charge < -0.3 is 4.74 Å². The van der Waals surface area contributed by atoms with Crippen LogP contribution in [-0.4, -0.2) is 0 Å². The second kappa shape index (κ2) is 5.40. The normalized spacial score (nSPS) is 10.4. The maximum atomic E-state index is 13.0. The zero-order valence-electron chi connectivity index (χ0n) is 9.78. The predicted molar refractivity (Wildman–Crippen MR) is 69.1 cm³/mol. The lowest BCUT2D eigenvalue weighted by Gasteiger charge is -2.08. The minimum Gasteiger partial charge on any atom is -0.489 e. The third-order valence-corrected chi connectivity index (χ3v) is 3.00. The van der Waals surface area contributed by atoms with E-state index >= 15 is 0 Å². The lowest BCUT2D eigenvalue weighted by molar-refractivity contribution is 0.304. The zero-order valence-corrected chi connectivity index (χ0v) is 10.7. The molecule has 0 aliphatic rings. The minimum absolute atomic E-state index is 0.125. The molecule has 0 aromatic heterocycles. The van der Waals surface area contributed by atoms with E-state index in [4.69, 9.17) is 4.74 Å². The molecular formula is C14H12F2OS. The number of rotatable bonds is 3. The summed E-state index contributed by atoms with van der Waals surface area (Å²) in [5.41, 5.74) is 1.45. The van der Waals surface area contributed by atoms with Gasteiger partial charge in [0.15, 0.2) is 0 Å². The highest BCUT2D eigenvalue weighted by atomic mass is 32.1. The van der Waals surface area contributed by atoms with Gasteiger partial charge in [-0.3, -0.25) is 0 Å². The van der Waals surface area contributed by atoms with E-state index in [9.17, 15) is 8.78 Å². The number of benzene rings is 2. The van der Waals surface area contributed by atoms with Crippen LogP contribution >= 0.6 is 12.6 Å². The topological polar surface area (TPSA) is 9.23 Å². The first-order chi connectivity index (χ1) is 8.54. The number of ether oxygens (including phenoxy) is 1. The number of thiol groups is 1. The molecule has 0 bridgehead atoms. The molecule has 0 fully saturated rings. The summed E-state index contributed by atoms with van der Waals surface area (Å²) < 4.78 is 31.4. The van der Waals surface area contributed by atoms with E-state index in [2.05, 4.69) is 12.6 Å². The molecule has 1 nitrogen and oxygen atoms in total. The highest BCUT2D eigenvalue weighted by Gasteiger charge is 2.02. The molecule has 0 unspecified atom stereocenters. The smallest absolute Gasteiger partial charge is 0.126 e. The fourth-order valence-electron chi connectivity index (χ4n) is 1.58.